The van der Waals surface area contributed by atoms with Crippen LogP contribution in [0, 0.1) is 6.10 Å². The second-order valence-electron chi connectivity index (χ2n) is 2.15. The van der Waals surface area contributed by atoms with E-state index in [1.54, 1.807) is 0 Å². The third-order valence-corrected chi connectivity index (χ3v) is 1.42. The van der Waals surface area contributed by atoms with E-state index in [-0.39, 0.29) is 11.9 Å². The molecule has 1 aliphatic rings. The molecule has 0 saturated heterocycles. The highest BCUT2D eigenvalue weighted by atomic mass is 16.3. The summed E-state index contributed by atoms with van der Waals surface area (Å²) in [5.41, 5.74) is 0.667. The molecule has 0 amide bonds. The molecule has 1 aliphatic carbocycles. The van der Waals surface area contributed by atoms with Gasteiger partial charge in [0.05, 0.1) is 0 Å². The standard InChI is InChI=1S/C8H9O2/c1-2-6-5-7(9)3-4-8(6)10/h3-5,9H,2H2,1H3. The van der Waals surface area contributed by atoms with Gasteiger partial charge in [-0.05, 0) is 30.2 Å². The highest BCUT2D eigenvalue weighted by Crippen LogP contribution is 2.14. The first-order chi connectivity index (χ1) is 4.74. The second-order valence-corrected chi connectivity index (χ2v) is 2.15. The predicted octanol–water partition coefficient (Wildman–Crippen LogP) is 1.37. The van der Waals surface area contributed by atoms with Gasteiger partial charge in [-0.1, -0.05) is 6.92 Å². The average molecular weight is 137 g/mol. The van der Waals surface area contributed by atoms with Gasteiger partial charge >= 0.3 is 0 Å². The number of hydrogen-bond acceptors (Lipinski definition) is 2. The summed E-state index contributed by atoms with van der Waals surface area (Å²) in [5.74, 6) is 0.000278. The molecule has 0 aromatic carbocycles. The minimum atomic E-state index is 0.000278. The molecule has 1 radical (unpaired) electrons. The summed E-state index contributed by atoms with van der Waals surface area (Å²) in [7, 11) is 0. The molecule has 0 fully saturated rings. The Hall–Kier alpha value is -0.890. The van der Waals surface area contributed by atoms with E-state index in [1.165, 1.54) is 18.2 Å². The van der Waals surface area contributed by atoms with E-state index in [2.05, 4.69) is 0 Å². The lowest BCUT2D eigenvalue weighted by Gasteiger charge is -2.06. The number of rotatable bonds is 1. The van der Waals surface area contributed by atoms with E-state index in [1.807, 2.05) is 6.92 Å². The van der Waals surface area contributed by atoms with E-state index in [9.17, 15) is 4.79 Å². The van der Waals surface area contributed by atoms with Crippen molar-refractivity contribution < 1.29 is 9.90 Å². The zero-order valence-electron chi connectivity index (χ0n) is 5.79. The Labute approximate surface area is 59.9 Å². The summed E-state index contributed by atoms with van der Waals surface area (Å²) in [4.78, 5) is 10.9. The maximum Gasteiger partial charge on any atom is 0.181 e. The first kappa shape index (κ1) is 7.22. The van der Waals surface area contributed by atoms with Crippen molar-refractivity contribution in [2.45, 2.75) is 13.3 Å². The average Bonchev–Trinajstić information content (AvgIpc) is 1.94. The zero-order valence-corrected chi connectivity index (χ0v) is 5.79. The van der Waals surface area contributed by atoms with Gasteiger partial charge in [0.15, 0.2) is 5.78 Å². The van der Waals surface area contributed by atoms with Crippen molar-refractivity contribution >= 4 is 5.78 Å². The van der Waals surface area contributed by atoms with Crippen LogP contribution in [0.15, 0.2) is 23.8 Å². The number of allylic oxidation sites excluding steroid dienone is 2. The largest absolute Gasteiger partial charge is 0.378 e. The van der Waals surface area contributed by atoms with E-state index in [4.69, 9.17) is 5.11 Å². The molecule has 0 spiro atoms. The minimum Gasteiger partial charge on any atom is -0.378 e. The smallest absolute Gasteiger partial charge is 0.181 e. The summed E-state index contributed by atoms with van der Waals surface area (Å²) < 4.78 is 0. The van der Waals surface area contributed by atoms with Gasteiger partial charge in [0.2, 0.25) is 0 Å². The zero-order chi connectivity index (χ0) is 7.56. The van der Waals surface area contributed by atoms with Crippen LogP contribution in [-0.4, -0.2) is 10.9 Å². The summed E-state index contributed by atoms with van der Waals surface area (Å²) in [6.45, 7) is 1.89. The Bertz CT molecular complexity index is 201. The number of ketones is 1. The van der Waals surface area contributed by atoms with Gasteiger partial charge in [-0.3, -0.25) is 4.79 Å². The molecule has 0 heterocycles. The van der Waals surface area contributed by atoms with Crippen molar-refractivity contribution in [3.05, 3.63) is 29.9 Å². The summed E-state index contributed by atoms with van der Waals surface area (Å²) in [5, 5.41) is 8.93. The quantitative estimate of drug-likeness (QED) is 0.592. The van der Waals surface area contributed by atoms with Crippen molar-refractivity contribution in [2.24, 2.45) is 0 Å². The van der Waals surface area contributed by atoms with Crippen LogP contribution in [0.2, 0.25) is 0 Å². The first-order valence-corrected chi connectivity index (χ1v) is 3.23. The normalized spacial score (nSPS) is 19.4. The molecule has 0 saturated carbocycles. The summed E-state index contributed by atoms with van der Waals surface area (Å²) >= 11 is 0. The van der Waals surface area contributed by atoms with Crippen LogP contribution in [0.1, 0.15) is 13.3 Å². The third kappa shape index (κ3) is 1.33. The molecule has 0 aromatic rings. The molecule has 0 atom stereocenters. The summed E-state index contributed by atoms with van der Waals surface area (Å²) in [6.07, 6.45) is 5.13. The van der Waals surface area contributed by atoms with Gasteiger partial charge in [-0.2, -0.15) is 0 Å². The van der Waals surface area contributed by atoms with Gasteiger partial charge in [0, 0.05) is 0 Å². The van der Waals surface area contributed by atoms with Crippen LogP contribution >= 0.6 is 0 Å². The van der Waals surface area contributed by atoms with E-state index >= 15 is 0 Å². The molecule has 53 valence electrons. The summed E-state index contributed by atoms with van der Waals surface area (Å²) in [6, 6.07) is 0. The number of hydrogen-bond donors (Lipinski definition) is 1. The molecule has 0 bridgehead atoms. The van der Waals surface area contributed by atoms with E-state index in [0.717, 1.165) is 0 Å². The predicted molar refractivity (Wildman–Crippen MR) is 37.7 cm³/mol. The van der Waals surface area contributed by atoms with Crippen LogP contribution < -0.4 is 0 Å². The van der Waals surface area contributed by atoms with Crippen molar-refractivity contribution in [3.8, 4) is 0 Å². The van der Waals surface area contributed by atoms with E-state index < -0.39 is 0 Å². The molecule has 0 aromatic heterocycles. The van der Waals surface area contributed by atoms with Crippen molar-refractivity contribution in [3.63, 3.8) is 0 Å². The maximum absolute atomic E-state index is 10.9. The molecule has 10 heavy (non-hydrogen) atoms. The molecular weight excluding hydrogens is 128 g/mol. The van der Waals surface area contributed by atoms with Gasteiger partial charge in [-0.15, -0.1) is 0 Å². The minimum absolute atomic E-state index is 0.000278. The lowest BCUT2D eigenvalue weighted by atomic mass is 10.0. The number of carbonyl (C=O) groups excluding carboxylic acids is 1. The van der Waals surface area contributed by atoms with E-state index in [0.29, 0.717) is 12.0 Å². The second kappa shape index (κ2) is 2.80. The van der Waals surface area contributed by atoms with Crippen LogP contribution in [0.4, 0.5) is 0 Å². The fraction of sp³-hybridized carbons (Fsp3) is 0.250. The van der Waals surface area contributed by atoms with Crippen molar-refractivity contribution in [2.75, 3.05) is 0 Å². The Kier molecular flexibility index (Phi) is 2.02. The van der Waals surface area contributed by atoms with Crippen LogP contribution in [0.25, 0.3) is 0 Å². The van der Waals surface area contributed by atoms with Crippen molar-refractivity contribution in [1.29, 1.82) is 0 Å². The molecule has 1 rings (SSSR count). The Morgan fingerprint density at radius 1 is 1.50 bits per heavy atom. The molecule has 0 unspecified atom stereocenters. The molecule has 0 aliphatic heterocycles. The van der Waals surface area contributed by atoms with Gasteiger partial charge in [0.25, 0.3) is 0 Å². The number of aliphatic hydroxyl groups excluding tert-OH is 1. The van der Waals surface area contributed by atoms with Gasteiger partial charge < -0.3 is 5.11 Å². The monoisotopic (exact) mass is 137 g/mol. The Morgan fingerprint density at radius 3 is 2.70 bits per heavy atom. The van der Waals surface area contributed by atoms with Crippen molar-refractivity contribution in [1.82, 2.24) is 0 Å². The molecule has 2 nitrogen and oxygen atoms in total. The Balaban J connectivity index is 2.79. The van der Waals surface area contributed by atoms with Crippen LogP contribution in [-0.2, 0) is 4.79 Å². The van der Waals surface area contributed by atoms with Crippen LogP contribution in [0.3, 0.4) is 0 Å². The fourth-order valence-corrected chi connectivity index (χ4v) is 0.842. The highest BCUT2D eigenvalue weighted by molar-refractivity contribution is 6.05. The molecular formula is C8H9O2. The lowest BCUT2D eigenvalue weighted by Crippen LogP contribution is -2.05. The molecule has 1 N–H and O–H groups in total. The van der Waals surface area contributed by atoms with Gasteiger partial charge in [-0.25, -0.2) is 0 Å². The third-order valence-electron chi connectivity index (χ3n) is 1.42. The van der Waals surface area contributed by atoms with Crippen LogP contribution in [0.5, 0.6) is 0 Å². The fourth-order valence-electron chi connectivity index (χ4n) is 0.842. The van der Waals surface area contributed by atoms with Gasteiger partial charge in [0.1, 0.15) is 6.10 Å². The number of carbonyl (C=O) groups is 1. The highest BCUT2D eigenvalue weighted by Gasteiger charge is 2.11. The lowest BCUT2D eigenvalue weighted by molar-refractivity contribution is -0.111. The maximum atomic E-state index is 10.9. The SMILES string of the molecule is CCC1=C[C](O)C=CC1=O. The number of aliphatic hydroxyl groups is 1. The topological polar surface area (TPSA) is 37.3 Å². The Morgan fingerprint density at radius 2 is 2.20 bits per heavy atom. The first-order valence-electron chi connectivity index (χ1n) is 3.23. The molecule has 2 heteroatoms.